The van der Waals surface area contributed by atoms with Crippen molar-refractivity contribution in [3.63, 3.8) is 0 Å². The molecule has 0 bridgehead atoms. The molecule has 1 aromatic heterocycles. The minimum atomic E-state index is -0.0623. The molecular weight excluding hydrogens is 350 g/mol. The van der Waals surface area contributed by atoms with Gasteiger partial charge in [0, 0.05) is 38.3 Å². The van der Waals surface area contributed by atoms with Crippen LogP contribution in [0.5, 0.6) is 0 Å². The number of nitrogens with one attached hydrogen (secondary N) is 2. The van der Waals surface area contributed by atoms with Crippen LogP contribution in [-0.4, -0.2) is 49.6 Å². The topological polar surface area (TPSA) is 70.7 Å². The second-order valence-electron chi connectivity index (χ2n) is 6.27. The number of ether oxygens (including phenoxy) is 1. The Hall–Kier alpha value is -2.22. The molecule has 138 valence electrons. The SMILES string of the molecule is CN(Cc1ccccc1NC(=O)CC1COCCN1)C(=O)c1cccs1. The van der Waals surface area contributed by atoms with E-state index < -0.39 is 0 Å². The van der Waals surface area contributed by atoms with Gasteiger partial charge in [0.2, 0.25) is 5.91 Å². The lowest BCUT2D eigenvalue weighted by Gasteiger charge is -2.23. The molecule has 2 N–H and O–H groups in total. The van der Waals surface area contributed by atoms with E-state index in [4.69, 9.17) is 4.74 Å². The number of amides is 2. The van der Waals surface area contributed by atoms with Gasteiger partial charge in [0.15, 0.2) is 0 Å². The molecule has 2 aromatic rings. The van der Waals surface area contributed by atoms with Crippen LogP contribution < -0.4 is 10.6 Å². The summed E-state index contributed by atoms with van der Waals surface area (Å²) in [5.74, 6) is -0.0858. The third-order valence-electron chi connectivity index (χ3n) is 4.21. The van der Waals surface area contributed by atoms with Crippen LogP contribution >= 0.6 is 11.3 Å². The van der Waals surface area contributed by atoms with Gasteiger partial charge in [-0.2, -0.15) is 0 Å². The molecule has 0 saturated carbocycles. The minimum Gasteiger partial charge on any atom is -0.378 e. The number of anilines is 1. The highest BCUT2D eigenvalue weighted by molar-refractivity contribution is 7.12. The molecule has 3 rings (SSSR count). The number of hydrogen-bond acceptors (Lipinski definition) is 5. The molecular formula is C19H23N3O3S. The van der Waals surface area contributed by atoms with Crippen molar-refractivity contribution in [2.24, 2.45) is 0 Å². The van der Waals surface area contributed by atoms with Crippen LogP contribution in [0.4, 0.5) is 5.69 Å². The Kier molecular flexibility index (Phi) is 6.38. The molecule has 1 aliphatic heterocycles. The Bertz CT molecular complexity index is 742. The molecule has 1 atom stereocenters. The van der Waals surface area contributed by atoms with Crippen molar-refractivity contribution in [1.29, 1.82) is 0 Å². The van der Waals surface area contributed by atoms with Gasteiger partial charge in [0.25, 0.3) is 5.91 Å². The van der Waals surface area contributed by atoms with Gasteiger partial charge in [-0.05, 0) is 23.1 Å². The van der Waals surface area contributed by atoms with Gasteiger partial charge in [-0.15, -0.1) is 11.3 Å². The predicted octanol–water partition coefficient (Wildman–Crippen LogP) is 2.34. The number of carbonyl (C=O) groups is 2. The van der Waals surface area contributed by atoms with E-state index >= 15 is 0 Å². The van der Waals surface area contributed by atoms with E-state index in [-0.39, 0.29) is 17.9 Å². The first-order valence-electron chi connectivity index (χ1n) is 8.61. The molecule has 0 aliphatic carbocycles. The summed E-state index contributed by atoms with van der Waals surface area (Å²) in [5, 5.41) is 8.13. The molecule has 6 nitrogen and oxygen atoms in total. The molecule has 0 radical (unpaired) electrons. The summed E-state index contributed by atoms with van der Waals surface area (Å²) < 4.78 is 5.39. The zero-order valence-corrected chi connectivity index (χ0v) is 15.6. The number of hydrogen-bond donors (Lipinski definition) is 2. The van der Waals surface area contributed by atoms with E-state index in [1.54, 1.807) is 11.9 Å². The monoisotopic (exact) mass is 373 g/mol. The third-order valence-corrected chi connectivity index (χ3v) is 5.07. The average molecular weight is 373 g/mol. The van der Waals surface area contributed by atoms with E-state index in [0.717, 1.165) is 17.8 Å². The molecule has 2 heterocycles. The lowest BCUT2D eigenvalue weighted by Crippen LogP contribution is -2.43. The highest BCUT2D eigenvalue weighted by Crippen LogP contribution is 2.19. The molecule has 1 unspecified atom stereocenters. The average Bonchev–Trinajstić information content (AvgIpc) is 3.18. The Morgan fingerprint density at radius 3 is 2.88 bits per heavy atom. The lowest BCUT2D eigenvalue weighted by atomic mass is 10.1. The van der Waals surface area contributed by atoms with E-state index in [1.165, 1.54) is 11.3 Å². The number of nitrogens with zero attached hydrogens (tertiary/aromatic N) is 1. The third kappa shape index (κ3) is 4.91. The smallest absolute Gasteiger partial charge is 0.263 e. The highest BCUT2D eigenvalue weighted by Gasteiger charge is 2.18. The zero-order valence-electron chi connectivity index (χ0n) is 14.7. The molecule has 1 fully saturated rings. The van der Waals surface area contributed by atoms with Crippen LogP contribution in [-0.2, 0) is 16.1 Å². The van der Waals surface area contributed by atoms with Crippen molar-refractivity contribution in [1.82, 2.24) is 10.2 Å². The van der Waals surface area contributed by atoms with Crippen molar-refractivity contribution in [3.05, 3.63) is 52.2 Å². The quantitative estimate of drug-likeness (QED) is 0.815. The van der Waals surface area contributed by atoms with E-state index in [9.17, 15) is 9.59 Å². The maximum Gasteiger partial charge on any atom is 0.263 e. The number of morpholine rings is 1. The first kappa shape index (κ1) is 18.6. The van der Waals surface area contributed by atoms with Crippen LogP contribution in [0.25, 0.3) is 0 Å². The predicted molar refractivity (Wildman–Crippen MR) is 102 cm³/mol. The molecule has 1 aliphatic rings. The molecule has 26 heavy (non-hydrogen) atoms. The standard InChI is InChI=1S/C19H23N3O3S/c1-22(19(24)17-7-4-10-26-17)12-14-5-2-3-6-16(14)21-18(23)11-15-13-25-9-8-20-15/h2-7,10,15,20H,8-9,11-13H2,1H3,(H,21,23). The summed E-state index contributed by atoms with van der Waals surface area (Å²) in [7, 11) is 1.77. The zero-order chi connectivity index (χ0) is 18.4. The van der Waals surface area contributed by atoms with E-state index in [2.05, 4.69) is 10.6 Å². The van der Waals surface area contributed by atoms with Crippen molar-refractivity contribution in [3.8, 4) is 0 Å². The second kappa shape index (κ2) is 8.93. The largest absolute Gasteiger partial charge is 0.378 e. The summed E-state index contributed by atoms with van der Waals surface area (Å²) in [6.07, 6.45) is 0.359. The summed E-state index contributed by atoms with van der Waals surface area (Å²) in [6, 6.07) is 11.3. The fraction of sp³-hybridized carbons (Fsp3) is 0.368. The van der Waals surface area contributed by atoms with Crippen LogP contribution in [0.15, 0.2) is 41.8 Å². The number of carbonyl (C=O) groups excluding carboxylic acids is 2. The van der Waals surface area contributed by atoms with E-state index in [0.29, 0.717) is 31.1 Å². The van der Waals surface area contributed by atoms with Gasteiger partial charge < -0.3 is 20.3 Å². The lowest BCUT2D eigenvalue weighted by molar-refractivity contribution is -0.117. The fourth-order valence-corrected chi connectivity index (χ4v) is 3.59. The summed E-state index contributed by atoms with van der Waals surface area (Å²) in [4.78, 5) is 27.2. The molecule has 0 spiro atoms. The van der Waals surface area contributed by atoms with Crippen molar-refractivity contribution in [2.75, 3.05) is 32.1 Å². The Labute approximate surface area is 157 Å². The molecule has 7 heteroatoms. The molecule has 2 amide bonds. The van der Waals surface area contributed by atoms with Gasteiger partial charge in [0.05, 0.1) is 18.1 Å². The van der Waals surface area contributed by atoms with Crippen molar-refractivity contribution < 1.29 is 14.3 Å². The van der Waals surface area contributed by atoms with Gasteiger partial charge in [-0.1, -0.05) is 24.3 Å². The van der Waals surface area contributed by atoms with Crippen LogP contribution in [0.3, 0.4) is 0 Å². The maximum absolute atomic E-state index is 12.4. The van der Waals surface area contributed by atoms with Gasteiger partial charge >= 0.3 is 0 Å². The van der Waals surface area contributed by atoms with Gasteiger partial charge in [-0.3, -0.25) is 9.59 Å². The van der Waals surface area contributed by atoms with Crippen LogP contribution in [0.2, 0.25) is 0 Å². The first-order valence-corrected chi connectivity index (χ1v) is 9.49. The highest BCUT2D eigenvalue weighted by atomic mass is 32.1. The van der Waals surface area contributed by atoms with Crippen LogP contribution in [0.1, 0.15) is 21.7 Å². The second-order valence-corrected chi connectivity index (χ2v) is 7.22. The summed E-state index contributed by atoms with van der Waals surface area (Å²) >= 11 is 1.42. The molecule has 1 aromatic carbocycles. The van der Waals surface area contributed by atoms with Crippen LogP contribution in [0, 0.1) is 0 Å². The van der Waals surface area contributed by atoms with Gasteiger partial charge in [0.1, 0.15) is 0 Å². The van der Waals surface area contributed by atoms with Gasteiger partial charge in [-0.25, -0.2) is 0 Å². The Morgan fingerprint density at radius 2 is 2.15 bits per heavy atom. The summed E-state index contributed by atoms with van der Waals surface area (Å²) in [6.45, 7) is 2.43. The van der Waals surface area contributed by atoms with E-state index in [1.807, 2.05) is 41.8 Å². The summed E-state index contributed by atoms with van der Waals surface area (Å²) in [5.41, 5.74) is 1.64. The number of rotatable bonds is 6. The number of benzene rings is 1. The Morgan fingerprint density at radius 1 is 1.31 bits per heavy atom. The Balaban J connectivity index is 1.62. The van der Waals surface area contributed by atoms with Crippen molar-refractivity contribution >= 4 is 28.8 Å². The number of thiophene rings is 1. The molecule has 1 saturated heterocycles. The fourth-order valence-electron chi connectivity index (χ4n) is 2.87. The first-order chi connectivity index (χ1) is 12.6. The number of para-hydroxylation sites is 1. The normalized spacial score (nSPS) is 16.9. The maximum atomic E-state index is 12.4. The van der Waals surface area contributed by atoms with Crippen molar-refractivity contribution in [2.45, 2.75) is 19.0 Å². The minimum absolute atomic E-state index is 0.0234.